The van der Waals surface area contributed by atoms with E-state index in [9.17, 15) is 4.79 Å². The Morgan fingerprint density at radius 3 is 2.23 bits per heavy atom. The van der Waals surface area contributed by atoms with E-state index in [1.54, 1.807) is 20.3 Å². The van der Waals surface area contributed by atoms with Gasteiger partial charge in [-0.05, 0) is 46.9 Å². The molecule has 0 radical (unpaired) electrons. The molecule has 0 bridgehead atoms. The lowest BCUT2D eigenvalue weighted by atomic mass is 9.87. The van der Waals surface area contributed by atoms with Crippen molar-refractivity contribution in [2.75, 3.05) is 20.8 Å². The topological polar surface area (TPSA) is 38.8 Å². The van der Waals surface area contributed by atoms with Gasteiger partial charge in [-0.1, -0.05) is 60.7 Å². The lowest BCUT2D eigenvalue weighted by Gasteiger charge is -2.37. The van der Waals surface area contributed by atoms with Crippen LogP contribution in [0.2, 0.25) is 0 Å². The third-order valence-corrected chi connectivity index (χ3v) is 5.49. The standard InChI is InChI=1S/C26H25NO3/c1-29-23-17-21-15-16-27(25(28)14-13-19-9-5-3-6-10-19)26(20-11-7-4-8-12-20)22(21)18-24(23)30-2/h3-14,17-18,26H,15-16H2,1-2H3/b14-13+. The minimum absolute atomic E-state index is 0.00635. The molecule has 3 aromatic rings. The molecule has 0 aromatic heterocycles. The summed E-state index contributed by atoms with van der Waals surface area (Å²) in [6, 6.07) is 23.9. The molecule has 0 N–H and O–H groups in total. The van der Waals surface area contributed by atoms with Crippen LogP contribution in [0.15, 0.2) is 78.9 Å². The Labute approximate surface area is 177 Å². The highest BCUT2D eigenvalue weighted by atomic mass is 16.5. The fourth-order valence-electron chi connectivity index (χ4n) is 4.01. The van der Waals surface area contributed by atoms with E-state index in [0.29, 0.717) is 18.0 Å². The third kappa shape index (κ3) is 3.94. The zero-order chi connectivity index (χ0) is 20.9. The minimum Gasteiger partial charge on any atom is -0.493 e. The van der Waals surface area contributed by atoms with Crippen LogP contribution < -0.4 is 9.47 Å². The van der Waals surface area contributed by atoms with Gasteiger partial charge in [-0.3, -0.25) is 4.79 Å². The summed E-state index contributed by atoms with van der Waals surface area (Å²) in [7, 11) is 3.28. The monoisotopic (exact) mass is 399 g/mol. The van der Waals surface area contributed by atoms with Crippen LogP contribution in [-0.4, -0.2) is 31.6 Å². The van der Waals surface area contributed by atoms with Gasteiger partial charge in [-0.25, -0.2) is 0 Å². The average Bonchev–Trinajstić information content (AvgIpc) is 2.82. The molecule has 1 heterocycles. The quantitative estimate of drug-likeness (QED) is 0.574. The molecule has 30 heavy (non-hydrogen) atoms. The summed E-state index contributed by atoms with van der Waals surface area (Å²) in [4.78, 5) is 15.2. The second kappa shape index (κ2) is 8.87. The largest absolute Gasteiger partial charge is 0.493 e. The first kappa shape index (κ1) is 19.8. The third-order valence-electron chi connectivity index (χ3n) is 5.49. The number of benzene rings is 3. The van der Waals surface area contributed by atoms with Crippen molar-refractivity contribution in [2.24, 2.45) is 0 Å². The summed E-state index contributed by atoms with van der Waals surface area (Å²) in [6.45, 7) is 0.639. The van der Waals surface area contributed by atoms with Crippen LogP contribution in [0.1, 0.15) is 28.3 Å². The maximum Gasteiger partial charge on any atom is 0.247 e. The highest BCUT2D eigenvalue weighted by Crippen LogP contribution is 2.41. The first-order valence-corrected chi connectivity index (χ1v) is 10.0. The van der Waals surface area contributed by atoms with E-state index in [1.807, 2.05) is 71.6 Å². The predicted molar refractivity (Wildman–Crippen MR) is 119 cm³/mol. The zero-order valence-electron chi connectivity index (χ0n) is 17.2. The molecule has 0 aliphatic carbocycles. The van der Waals surface area contributed by atoms with Gasteiger partial charge in [0.15, 0.2) is 11.5 Å². The van der Waals surface area contributed by atoms with Crippen LogP contribution >= 0.6 is 0 Å². The number of nitrogens with zero attached hydrogens (tertiary/aromatic N) is 1. The van der Waals surface area contributed by atoms with Gasteiger partial charge < -0.3 is 14.4 Å². The van der Waals surface area contributed by atoms with Crippen molar-refractivity contribution in [3.8, 4) is 11.5 Å². The Bertz CT molecular complexity index is 1040. The Morgan fingerprint density at radius 1 is 0.933 bits per heavy atom. The summed E-state index contributed by atoms with van der Waals surface area (Å²) >= 11 is 0. The van der Waals surface area contributed by atoms with Gasteiger partial charge in [-0.15, -0.1) is 0 Å². The van der Waals surface area contributed by atoms with E-state index in [2.05, 4.69) is 12.1 Å². The Kier molecular flexibility index (Phi) is 5.84. The van der Waals surface area contributed by atoms with Gasteiger partial charge in [0.1, 0.15) is 0 Å². The molecule has 4 rings (SSSR count). The molecule has 152 valence electrons. The molecule has 0 spiro atoms. The van der Waals surface area contributed by atoms with E-state index in [4.69, 9.17) is 9.47 Å². The van der Waals surface area contributed by atoms with Gasteiger partial charge in [0.2, 0.25) is 5.91 Å². The predicted octanol–water partition coefficient (Wildman–Crippen LogP) is 4.89. The van der Waals surface area contributed by atoms with Gasteiger partial charge in [0.05, 0.1) is 20.3 Å². The van der Waals surface area contributed by atoms with Crippen molar-refractivity contribution in [3.63, 3.8) is 0 Å². The van der Waals surface area contributed by atoms with E-state index in [1.165, 1.54) is 5.56 Å². The lowest BCUT2D eigenvalue weighted by Crippen LogP contribution is -2.39. The van der Waals surface area contributed by atoms with Crippen molar-refractivity contribution in [2.45, 2.75) is 12.5 Å². The van der Waals surface area contributed by atoms with E-state index >= 15 is 0 Å². The SMILES string of the molecule is COc1cc2c(cc1OC)C(c1ccccc1)N(C(=O)/C=C/c1ccccc1)CC2. The summed E-state index contributed by atoms with van der Waals surface area (Å²) < 4.78 is 11.0. The Hall–Kier alpha value is -3.53. The summed E-state index contributed by atoms with van der Waals surface area (Å²) in [5.41, 5.74) is 4.34. The molecule has 0 saturated heterocycles. The Morgan fingerprint density at radius 2 is 1.57 bits per heavy atom. The maximum atomic E-state index is 13.2. The highest BCUT2D eigenvalue weighted by Gasteiger charge is 2.32. The molecule has 4 heteroatoms. The molecule has 0 saturated carbocycles. The van der Waals surface area contributed by atoms with Crippen LogP contribution in [0.5, 0.6) is 11.5 Å². The molecule has 1 atom stereocenters. The van der Waals surface area contributed by atoms with Crippen LogP contribution in [-0.2, 0) is 11.2 Å². The number of rotatable bonds is 5. The number of methoxy groups -OCH3 is 2. The number of carbonyl (C=O) groups is 1. The minimum atomic E-state index is -0.178. The van der Waals surface area contributed by atoms with Crippen LogP contribution in [0.4, 0.5) is 0 Å². The van der Waals surface area contributed by atoms with Gasteiger partial charge >= 0.3 is 0 Å². The second-order valence-electron chi connectivity index (χ2n) is 7.24. The van der Waals surface area contributed by atoms with Gasteiger partial charge in [0.25, 0.3) is 0 Å². The number of amides is 1. The molecule has 1 amide bonds. The van der Waals surface area contributed by atoms with Crippen molar-refractivity contribution >= 4 is 12.0 Å². The van der Waals surface area contributed by atoms with E-state index in [-0.39, 0.29) is 11.9 Å². The van der Waals surface area contributed by atoms with Crippen molar-refractivity contribution in [3.05, 3.63) is 101 Å². The smallest absolute Gasteiger partial charge is 0.247 e. The first-order chi connectivity index (χ1) is 14.7. The molecule has 1 aliphatic rings. The molecule has 3 aromatic carbocycles. The fraction of sp³-hybridized carbons (Fsp3) is 0.192. The highest BCUT2D eigenvalue weighted by molar-refractivity contribution is 5.92. The number of fused-ring (bicyclic) bond motifs is 1. The summed E-state index contributed by atoms with van der Waals surface area (Å²) in [5, 5.41) is 0. The second-order valence-corrected chi connectivity index (χ2v) is 7.24. The molecule has 0 fully saturated rings. The summed E-state index contributed by atoms with van der Waals surface area (Å²) in [5.74, 6) is 1.38. The van der Waals surface area contributed by atoms with Gasteiger partial charge in [0, 0.05) is 12.6 Å². The number of hydrogen-bond acceptors (Lipinski definition) is 3. The number of carbonyl (C=O) groups excluding carboxylic acids is 1. The van der Waals surface area contributed by atoms with Crippen LogP contribution in [0.3, 0.4) is 0 Å². The molecule has 4 nitrogen and oxygen atoms in total. The lowest BCUT2D eigenvalue weighted by molar-refractivity contribution is -0.127. The van der Waals surface area contributed by atoms with E-state index < -0.39 is 0 Å². The molecular weight excluding hydrogens is 374 g/mol. The van der Waals surface area contributed by atoms with Crippen molar-refractivity contribution in [1.29, 1.82) is 0 Å². The van der Waals surface area contributed by atoms with Gasteiger partial charge in [-0.2, -0.15) is 0 Å². The van der Waals surface area contributed by atoms with Crippen molar-refractivity contribution < 1.29 is 14.3 Å². The fourth-order valence-corrected chi connectivity index (χ4v) is 4.01. The van der Waals surface area contributed by atoms with Crippen molar-refractivity contribution in [1.82, 2.24) is 4.90 Å². The summed E-state index contributed by atoms with van der Waals surface area (Å²) in [6.07, 6.45) is 4.30. The zero-order valence-corrected chi connectivity index (χ0v) is 17.2. The van der Waals surface area contributed by atoms with E-state index in [0.717, 1.165) is 23.1 Å². The normalized spacial score (nSPS) is 15.7. The number of hydrogen-bond donors (Lipinski definition) is 0. The average molecular weight is 399 g/mol. The molecule has 1 aliphatic heterocycles. The molecule has 1 unspecified atom stereocenters. The van der Waals surface area contributed by atoms with Crippen LogP contribution in [0.25, 0.3) is 6.08 Å². The maximum absolute atomic E-state index is 13.2. The first-order valence-electron chi connectivity index (χ1n) is 10.0. The van der Waals surface area contributed by atoms with Crippen LogP contribution in [0, 0.1) is 0 Å². The number of ether oxygens (including phenoxy) is 2. The molecular formula is C26H25NO3. The Balaban J connectivity index is 1.74.